The summed E-state index contributed by atoms with van der Waals surface area (Å²) in [6, 6.07) is -0.315. The maximum Gasteiger partial charge on any atom is 0.410 e. The number of methoxy groups -OCH3 is 1. The Kier molecular flexibility index (Phi) is 5.97. The standard InChI is InChI=1S/C18H33NO5/c1-16(2,3)18(7,14(20)21)13(23-8)12-10-9-11-19(12)15(22)24-17(4,5)6/h12-13H,9-11H2,1-8H3,(H,20,21)/t12-,13-,18+/m0/s1. The summed E-state index contributed by atoms with van der Waals surface area (Å²) in [6.07, 6.45) is 0.485. The van der Waals surface area contributed by atoms with E-state index in [1.54, 1.807) is 11.8 Å². The van der Waals surface area contributed by atoms with E-state index in [-0.39, 0.29) is 6.04 Å². The predicted octanol–water partition coefficient (Wildman–Crippen LogP) is 3.54. The average Bonchev–Trinajstić information content (AvgIpc) is 2.84. The minimum Gasteiger partial charge on any atom is -0.481 e. The molecule has 1 saturated heterocycles. The summed E-state index contributed by atoms with van der Waals surface area (Å²) in [6.45, 7) is 13.4. The quantitative estimate of drug-likeness (QED) is 0.845. The fraction of sp³-hybridized carbons (Fsp3) is 0.889. The first kappa shape index (κ1) is 20.7. The molecule has 3 atom stereocenters. The summed E-state index contributed by atoms with van der Waals surface area (Å²) >= 11 is 0. The van der Waals surface area contributed by atoms with Crippen molar-refractivity contribution in [3.05, 3.63) is 0 Å². The van der Waals surface area contributed by atoms with Gasteiger partial charge in [0.1, 0.15) is 5.60 Å². The van der Waals surface area contributed by atoms with E-state index in [0.29, 0.717) is 13.0 Å². The molecule has 1 aliphatic heterocycles. The summed E-state index contributed by atoms with van der Waals surface area (Å²) in [5, 5.41) is 9.93. The Morgan fingerprint density at radius 3 is 2.04 bits per heavy atom. The van der Waals surface area contributed by atoms with Gasteiger partial charge in [-0.25, -0.2) is 4.79 Å². The predicted molar refractivity (Wildman–Crippen MR) is 92.0 cm³/mol. The van der Waals surface area contributed by atoms with E-state index in [0.717, 1.165) is 6.42 Å². The van der Waals surface area contributed by atoms with Crippen LogP contribution < -0.4 is 0 Å². The molecule has 0 saturated carbocycles. The van der Waals surface area contributed by atoms with Crippen LogP contribution in [0.2, 0.25) is 0 Å². The number of amides is 1. The lowest BCUT2D eigenvalue weighted by Crippen LogP contribution is -2.58. The van der Waals surface area contributed by atoms with Crippen LogP contribution in [-0.2, 0) is 14.3 Å². The maximum atomic E-state index is 12.5. The molecule has 0 aromatic carbocycles. The van der Waals surface area contributed by atoms with Crippen molar-refractivity contribution in [2.24, 2.45) is 10.8 Å². The maximum absolute atomic E-state index is 12.5. The van der Waals surface area contributed by atoms with Gasteiger partial charge in [0.2, 0.25) is 0 Å². The Balaban J connectivity index is 3.18. The van der Waals surface area contributed by atoms with Gasteiger partial charge in [-0.2, -0.15) is 0 Å². The molecule has 1 N–H and O–H groups in total. The fourth-order valence-electron chi connectivity index (χ4n) is 3.30. The van der Waals surface area contributed by atoms with Gasteiger partial charge in [0.15, 0.2) is 0 Å². The number of carboxylic acids is 1. The SMILES string of the molecule is CO[C@@H]([C@@H]1CCCN1C(=O)OC(C)(C)C)[C@](C)(C(=O)O)C(C)(C)C. The summed E-state index contributed by atoms with van der Waals surface area (Å²) in [5.41, 5.74) is -2.27. The highest BCUT2D eigenvalue weighted by molar-refractivity contribution is 5.77. The average molecular weight is 343 g/mol. The third-order valence-electron chi connectivity index (χ3n) is 5.10. The third kappa shape index (κ3) is 4.02. The second kappa shape index (κ2) is 6.90. The number of nitrogens with zero attached hydrogens (tertiary/aromatic N) is 1. The largest absolute Gasteiger partial charge is 0.481 e. The summed E-state index contributed by atoms with van der Waals surface area (Å²) in [4.78, 5) is 26.3. The van der Waals surface area contributed by atoms with Crippen LogP contribution in [0.5, 0.6) is 0 Å². The lowest BCUT2D eigenvalue weighted by atomic mass is 9.62. The number of carbonyl (C=O) groups is 2. The van der Waals surface area contributed by atoms with Gasteiger partial charge in [-0.3, -0.25) is 4.79 Å². The van der Waals surface area contributed by atoms with Crippen molar-refractivity contribution in [2.75, 3.05) is 13.7 Å². The van der Waals surface area contributed by atoms with E-state index < -0.39 is 34.6 Å². The van der Waals surface area contributed by atoms with E-state index in [9.17, 15) is 14.7 Å². The molecular weight excluding hydrogens is 310 g/mol. The van der Waals surface area contributed by atoms with Crippen LogP contribution in [0, 0.1) is 10.8 Å². The van der Waals surface area contributed by atoms with Crippen LogP contribution >= 0.6 is 0 Å². The summed E-state index contributed by atoms with van der Waals surface area (Å²) < 4.78 is 11.2. The van der Waals surface area contributed by atoms with Gasteiger partial charge in [0, 0.05) is 13.7 Å². The van der Waals surface area contributed by atoms with Crippen LogP contribution in [0.15, 0.2) is 0 Å². The van der Waals surface area contributed by atoms with E-state index >= 15 is 0 Å². The second-order valence-corrected chi connectivity index (χ2v) is 8.80. The molecule has 1 heterocycles. The normalized spacial score (nSPS) is 22.8. The molecule has 6 nitrogen and oxygen atoms in total. The zero-order chi connectivity index (χ0) is 18.9. The van der Waals surface area contributed by atoms with E-state index in [1.807, 2.05) is 41.5 Å². The molecule has 0 aromatic rings. The van der Waals surface area contributed by atoms with Gasteiger partial charge >= 0.3 is 12.1 Å². The number of aliphatic carboxylic acids is 1. The Hall–Kier alpha value is -1.30. The van der Waals surface area contributed by atoms with Gasteiger partial charge in [0.25, 0.3) is 0 Å². The molecular formula is C18H33NO5. The van der Waals surface area contributed by atoms with Crippen molar-refractivity contribution in [1.29, 1.82) is 0 Å². The molecule has 1 amide bonds. The van der Waals surface area contributed by atoms with Crippen LogP contribution in [0.25, 0.3) is 0 Å². The Bertz CT molecular complexity index is 477. The fourth-order valence-corrected chi connectivity index (χ4v) is 3.30. The number of hydrogen-bond acceptors (Lipinski definition) is 4. The third-order valence-corrected chi connectivity index (χ3v) is 5.10. The first-order chi connectivity index (χ1) is 10.8. The van der Waals surface area contributed by atoms with Gasteiger partial charge in [-0.15, -0.1) is 0 Å². The number of carbonyl (C=O) groups excluding carboxylic acids is 1. The first-order valence-corrected chi connectivity index (χ1v) is 8.51. The van der Waals surface area contributed by atoms with Crippen LogP contribution in [0.4, 0.5) is 4.79 Å². The van der Waals surface area contributed by atoms with Gasteiger partial charge < -0.3 is 19.5 Å². The number of hydrogen-bond donors (Lipinski definition) is 1. The summed E-state index contributed by atoms with van der Waals surface area (Å²) in [7, 11) is 1.52. The first-order valence-electron chi connectivity index (χ1n) is 8.51. The highest BCUT2D eigenvalue weighted by Gasteiger charge is 2.56. The van der Waals surface area contributed by atoms with Crippen molar-refractivity contribution >= 4 is 12.1 Å². The lowest BCUT2D eigenvalue weighted by molar-refractivity contribution is -0.174. The van der Waals surface area contributed by atoms with Gasteiger partial charge in [0.05, 0.1) is 17.6 Å². The minimum absolute atomic E-state index is 0.315. The van der Waals surface area contributed by atoms with Crippen molar-refractivity contribution < 1.29 is 24.2 Å². The molecule has 0 radical (unpaired) electrons. The van der Waals surface area contributed by atoms with Crippen LogP contribution in [0.3, 0.4) is 0 Å². The smallest absolute Gasteiger partial charge is 0.410 e. The summed E-state index contributed by atoms with van der Waals surface area (Å²) in [5.74, 6) is -0.919. The Morgan fingerprint density at radius 2 is 1.67 bits per heavy atom. The molecule has 0 bridgehead atoms. The van der Waals surface area contributed by atoms with E-state index in [2.05, 4.69) is 0 Å². The molecule has 0 aromatic heterocycles. The molecule has 0 unspecified atom stereocenters. The van der Waals surface area contributed by atoms with Crippen LogP contribution in [0.1, 0.15) is 61.3 Å². The Morgan fingerprint density at radius 1 is 1.12 bits per heavy atom. The second-order valence-electron chi connectivity index (χ2n) is 8.80. The van der Waals surface area contributed by atoms with Gasteiger partial charge in [-0.05, 0) is 46.0 Å². The zero-order valence-corrected chi connectivity index (χ0v) is 16.3. The van der Waals surface area contributed by atoms with E-state index in [1.165, 1.54) is 7.11 Å². The number of carboxylic acid groups (broad SMARTS) is 1. The number of likely N-dealkylation sites (tertiary alicyclic amines) is 1. The topological polar surface area (TPSA) is 76.1 Å². The highest BCUT2D eigenvalue weighted by Crippen LogP contribution is 2.46. The van der Waals surface area contributed by atoms with Crippen molar-refractivity contribution in [3.8, 4) is 0 Å². The molecule has 1 rings (SSSR count). The van der Waals surface area contributed by atoms with E-state index in [4.69, 9.17) is 9.47 Å². The number of ether oxygens (including phenoxy) is 2. The lowest BCUT2D eigenvalue weighted by Gasteiger charge is -2.47. The molecule has 1 fully saturated rings. The molecule has 140 valence electrons. The Labute approximate surface area is 145 Å². The molecule has 0 spiro atoms. The molecule has 24 heavy (non-hydrogen) atoms. The van der Waals surface area contributed by atoms with Crippen LogP contribution in [-0.4, -0.2) is 53.5 Å². The monoisotopic (exact) mass is 343 g/mol. The highest BCUT2D eigenvalue weighted by atomic mass is 16.6. The van der Waals surface area contributed by atoms with Gasteiger partial charge in [-0.1, -0.05) is 20.8 Å². The molecule has 1 aliphatic rings. The van der Waals surface area contributed by atoms with Crippen molar-refractivity contribution in [3.63, 3.8) is 0 Å². The zero-order valence-electron chi connectivity index (χ0n) is 16.3. The molecule has 6 heteroatoms. The minimum atomic E-state index is -1.14. The van der Waals surface area contributed by atoms with Crippen molar-refractivity contribution in [2.45, 2.75) is 79.1 Å². The van der Waals surface area contributed by atoms with Crippen molar-refractivity contribution in [1.82, 2.24) is 4.90 Å². The molecule has 0 aliphatic carbocycles. The number of rotatable bonds is 4.